The van der Waals surface area contributed by atoms with Gasteiger partial charge in [0.15, 0.2) is 5.96 Å². The van der Waals surface area contributed by atoms with Crippen LogP contribution in [0.2, 0.25) is 0 Å². The van der Waals surface area contributed by atoms with Crippen LogP contribution in [-0.4, -0.2) is 36.9 Å². The summed E-state index contributed by atoms with van der Waals surface area (Å²) < 4.78 is 0. The average Bonchev–Trinajstić information content (AvgIpc) is 3.40. The number of hydrogen-bond acceptors (Lipinski definition) is 6. The Balaban J connectivity index is 1.45. The summed E-state index contributed by atoms with van der Waals surface area (Å²) in [6.45, 7) is 5.98. The van der Waals surface area contributed by atoms with Gasteiger partial charge in [0, 0.05) is 30.7 Å². The van der Waals surface area contributed by atoms with E-state index in [1.54, 1.807) is 24.5 Å². The molecule has 2 aliphatic heterocycles. The van der Waals surface area contributed by atoms with Gasteiger partial charge in [-0.3, -0.25) is 9.69 Å². The highest BCUT2D eigenvalue weighted by Crippen LogP contribution is 2.47. The average molecular weight is 498 g/mol. The van der Waals surface area contributed by atoms with E-state index >= 15 is 0 Å². The number of carbonyl (C=O) groups is 1. The Hall–Kier alpha value is -3.63. The van der Waals surface area contributed by atoms with Crippen molar-refractivity contribution >= 4 is 28.9 Å². The molecule has 1 saturated heterocycles. The Morgan fingerprint density at radius 3 is 2.53 bits per heavy atom. The number of thiophene rings is 1. The summed E-state index contributed by atoms with van der Waals surface area (Å²) in [7, 11) is 1.72. The number of anilines is 1. The van der Waals surface area contributed by atoms with Crippen molar-refractivity contribution in [1.82, 2.24) is 4.90 Å². The molecule has 2 unspecified atom stereocenters. The molecular weight excluding hydrogens is 466 g/mol. The number of aliphatic imine (C=N–C) groups is 1. The molecule has 2 aliphatic rings. The zero-order valence-corrected chi connectivity index (χ0v) is 21.8. The van der Waals surface area contributed by atoms with Crippen LogP contribution in [0.4, 0.5) is 5.69 Å². The van der Waals surface area contributed by atoms with Crippen molar-refractivity contribution < 1.29 is 4.79 Å². The van der Waals surface area contributed by atoms with Gasteiger partial charge < -0.3 is 10.6 Å². The number of hydrogen-bond donors (Lipinski definition) is 1. The van der Waals surface area contributed by atoms with Crippen LogP contribution < -0.4 is 10.6 Å². The van der Waals surface area contributed by atoms with Crippen molar-refractivity contribution in [3.05, 3.63) is 76.0 Å². The smallest absolute Gasteiger partial charge is 0.235 e. The maximum atomic E-state index is 13.7. The first-order valence-electron chi connectivity index (χ1n) is 12.3. The molecule has 2 aromatic carbocycles. The van der Waals surface area contributed by atoms with Crippen LogP contribution in [0.15, 0.2) is 65.0 Å². The Kier molecular flexibility index (Phi) is 6.31. The van der Waals surface area contributed by atoms with E-state index in [2.05, 4.69) is 60.5 Å². The zero-order chi connectivity index (χ0) is 25.4. The molecule has 5 rings (SSSR count). The van der Waals surface area contributed by atoms with Gasteiger partial charge in [-0.25, -0.2) is 4.99 Å². The van der Waals surface area contributed by atoms with Crippen molar-refractivity contribution in [3.63, 3.8) is 0 Å². The fraction of sp³-hybridized carbons (Fsp3) is 0.345. The second-order valence-corrected chi connectivity index (χ2v) is 11.0. The summed E-state index contributed by atoms with van der Waals surface area (Å²) >= 11 is 1.61. The fourth-order valence-corrected chi connectivity index (χ4v) is 6.65. The summed E-state index contributed by atoms with van der Waals surface area (Å²) in [5.41, 5.74) is 10.6. The molecule has 3 heterocycles. The largest absolute Gasteiger partial charge is 0.372 e. The highest BCUT2D eigenvalue weighted by atomic mass is 32.1. The first-order chi connectivity index (χ1) is 17.3. The third kappa shape index (κ3) is 4.27. The summed E-state index contributed by atoms with van der Waals surface area (Å²) in [4.78, 5) is 23.6. The van der Waals surface area contributed by atoms with Gasteiger partial charge in [-0.15, -0.1) is 11.3 Å². The Morgan fingerprint density at radius 1 is 1.11 bits per heavy atom. The number of benzene rings is 2. The molecule has 2 N–H and O–H groups in total. The number of rotatable bonds is 4. The topological polar surface area (TPSA) is 85.7 Å². The minimum atomic E-state index is -0.736. The summed E-state index contributed by atoms with van der Waals surface area (Å²) in [6.07, 6.45) is 1.84. The highest BCUT2D eigenvalue weighted by Gasteiger charge is 2.51. The SMILES string of the molecule is Cc1ccc(N2CCC(C3C(=O)N(C)C(N)=NC3(C)c3cc(-c4cccc(C#N)c4)cs3)CC2)cc1. The van der Waals surface area contributed by atoms with Gasteiger partial charge in [0.1, 0.15) is 5.54 Å². The molecule has 184 valence electrons. The molecular formula is C29H31N5OS. The van der Waals surface area contributed by atoms with Crippen molar-refractivity contribution in [3.8, 4) is 17.2 Å². The first kappa shape index (κ1) is 24.1. The van der Waals surface area contributed by atoms with E-state index in [-0.39, 0.29) is 23.7 Å². The number of nitrogens with two attached hydrogens (primary N) is 1. The molecule has 36 heavy (non-hydrogen) atoms. The number of piperidine rings is 1. The molecule has 0 spiro atoms. The Bertz CT molecular complexity index is 1350. The lowest BCUT2D eigenvalue weighted by Gasteiger charge is -2.46. The number of carbonyl (C=O) groups excluding carboxylic acids is 1. The summed E-state index contributed by atoms with van der Waals surface area (Å²) in [5, 5.41) is 11.4. The van der Waals surface area contributed by atoms with Crippen LogP contribution in [0, 0.1) is 30.1 Å². The third-order valence-electron chi connectivity index (χ3n) is 7.73. The van der Waals surface area contributed by atoms with E-state index in [0.717, 1.165) is 41.9 Å². The first-order valence-corrected chi connectivity index (χ1v) is 13.2. The minimum absolute atomic E-state index is 0.0419. The lowest BCUT2D eigenvalue weighted by molar-refractivity contribution is -0.136. The normalized spacial score (nSPS) is 22.9. The lowest BCUT2D eigenvalue weighted by atomic mass is 9.70. The van der Waals surface area contributed by atoms with Crippen LogP contribution in [0.3, 0.4) is 0 Å². The molecule has 0 aliphatic carbocycles. The standard InChI is InChI=1S/C29H31N5OS/c1-19-7-9-24(10-8-19)34-13-11-21(12-14-34)26-27(35)33(3)28(31)32-29(26,2)25-16-23(18-36-25)22-6-4-5-20(15-22)17-30/h4-10,15-16,18,21,26H,11-14H2,1-3H3,(H2,31,32). The van der Waals surface area contributed by atoms with E-state index in [0.29, 0.717) is 5.56 Å². The minimum Gasteiger partial charge on any atom is -0.372 e. The van der Waals surface area contributed by atoms with Gasteiger partial charge in [-0.2, -0.15) is 5.26 Å². The van der Waals surface area contributed by atoms with E-state index in [9.17, 15) is 10.1 Å². The predicted molar refractivity (Wildman–Crippen MR) is 146 cm³/mol. The van der Waals surface area contributed by atoms with Gasteiger partial charge in [-0.05, 0) is 79.4 Å². The number of guanidine groups is 1. The van der Waals surface area contributed by atoms with Gasteiger partial charge in [0.05, 0.1) is 17.6 Å². The molecule has 0 bridgehead atoms. The van der Waals surface area contributed by atoms with Crippen LogP contribution in [-0.2, 0) is 10.3 Å². The van der Waals surface area contributed by atoms with Crippen LogP contribution >= 0.6 is 11.3 Å². The molecule has 1 aromatic heterocycles. The lowest BCUT2D eigenvalue weighted by Crippen LogP contribution is -2.56. The molecule has 7 heteroatoms. The van der Waals surface area contributed by atoms with E-state index in [1.807, 2.05) is 18.2 Å². The third-order valence-corrected chi connectivity index (χ3v) is 8.88. The highest BCUT2D eigenvalue weighted by molar-refractivity contribution is 7.10. The second kappa shape index (κ2) is 9.44. The maximum absolute atomic E-state index is 13.7. The molecule has 1 fully saturated rings. The summed E-state index contributed by atoms with van der Waals surface area (Å²) in [5.74, 6) is 0.223. The Labute approximate surface area is 216 Å². The van der Waals surface area contributed by atoms with Gasteiger partial charge in [0.2, 0.25) is 5.91 Å². The van der Waals surface area contributed by atoms with Crippen LogP contribution in [0.1, 0.15) is 35.8 Å². The number of amides is 1. The van der Waals surface area contributed by atoms with E-state index in [1.165, 1.54) is 16.2 Å². The molecule has 2 atom stereocenters. The van der Waals surface area contributed by atoms with Crippen molar-refractivity contribution in [2.45, 2.75) is 32.2 Å². The van der Waals surface area contributed by atoms with E-state index < -0.39 is 5.54 Å². The van der Waals surface area contributed by atoms with Crippen LogP contribution in [0.25, 0.3) is 11.1 Å². The fourth-order valence-electron chi connectivity index (χ4n) is 5.58. The number of nitrogens with zero attached hydrogens (tertiary/aromatic N) is 4. The molecule has 0 saturated carbocycles. The quantitative estimate of drug-likeness (QED) is 0.541. The number of aryl methyl sites for hydroxylation is 1. The van der Waals surface area contributed by atoms with Crippen molar-refractivity contribution in [2.75, 3.05) is 25.0 Å². The predicted octanol–water partition coefficient (Wildman–Crippen LogP) is 5.13. The van der Waals surface area contributed by atoms with Gasteiger partial charge >= 0.3 is 0 Å². The number of nitriles is 1. The molecule has 3 aromatic rings. The molecule has 6 nitrogen and oxygen atoms in total. The Morgan fingerprint density at radius 2 is 1.83 bits per heavy atom. The second-order valence-electron chi connectivity index (χ2n) is 10.0. The summed E-state index contributed by atoms with van der Waals surface area (Å²) in [6, 6.07) is 20.6. The van der Waals surface area contributed by atoms with E-state index in [4.69, 9.17) is 10.7 Å². The molecule has 0 radical (unpaired) electrons. The van der Waals surface area contributed by atoms with Gasteiger partial charge in [0.25, 0.3) is 0 Å². The van der Waals surface area contributed by atoms with Crippen LogP contribution in [0.5, 0.6) is 0 Å². The monoisotopic (exact) mass is 497 g/mol. The van der Waals surface area contributed by atoms with Crippen molar-refractivity contribution in [2.24, 2.45) is 22.6 Å². The molecule has 1 amide bonds. The van der Waals surface area contributed by atoms with Gasteiger partial charge in [-0.1, -0.05) is 29.8 Å². The zero-order valence-electron chi connectivity index (χ0n) is 20.9. The van der Waals surface area contributed by atoms with Crippen molar-refractivity contribution in [1.29, 1.82) is 5.26 Å². The maximum Gasteiger partial charge on any atom is 0.235 e.